The molecule has 4 heteroatoms. The molecular formula is C14H12BrClO2. The molecule has 0 amide bonds. The molecule has 0 saturated carbocycles. The molecule has 1 N–H and O–H groups in total. The molecule has 0 aliphatic rings. The molecule has 0 aliphatic carbocycles. The van der Waals surface area contributed by atoms with Crippen molar-refractivity contribution in [3.05, 3.63) is 63.1 Å². The number of halogens is 2. The minimum Gasteiger partial charge on any atom is -0.496 e. The van der Waals surface area contributed by atoms with Crippen LogP contribution < -0.4 is 4.74 Å². The third kappa shape index (κ3) is 2.86. The summed E-state index contributed by atoms with van der Waals surface area (Å²) < 4.78 is 6.21. The van der Waals surface area contributed by atoms with Crippen LogP contribution in [-0.2, 0) is 0 Å². The highest BCUT2D eigenvalue weighted by molar-refractivity contribution is 9.10. The van der Waals surface area contributed by atoms with Gasteiger partial charge in [-0.15, -0.1) is 0 Å². The highest BCUT2D eigenvalue weighted by Gasteiger charge is 2.15. The van der Waals surface area contributed by atoms with Gasteiger partial charge < -0.3 is 9.84 Å². The smallest absolute Gasteiger partial charge is 0.125 e. The number of hydrogen-bond donors (Lipinski definition) is 1. The summed E-state index contributed by atoms with van der Waals surface area (Å²) in [6.45, 7) is 0. The second kappa shape index (κ2) is 5.74. The van der Waals surface area contributed by atoms with E-state index in [9.17, 15) is 5.11 Å². The Morgan fingerprint density at radius 2 is 1.83 bits per heavy atom. The Balaban J connectivity index is 2.41. The fraction of sp³-hybridized carbons (Fsp3) is 0.143. The zero-order chi connectivity index (χ0) is 13.1. The minimum atomic E-state index is -0.758. The molecule has 0 fully saturated rings. The maximum Gasteiger partial charge on any atom is 0.125 e. The van der Waals surface area contributed by atoms with E-state index in [1.807, 2.05) is 24.3 Å². The van der Waals surface area contributed by atoms with E-state index < -0.39 is 6.10 Å². The van der Waals surface area contributed by atoms with Crippen molar-refractivity contribution in [2.45, 2.75) is 6.10 Å². The van der Waals surface area contributed by atoms with Crippen molar-refractivity contribution in [3.63, 3.8) is 0 Å². The van der Waals surface area contributed by atoms with Crippen molar-refractivity contribution < 1.29 is 9.84 Å². The summed E-state index contributed by atoms with van der Waals surface area (Å²) in [6, 6.07) is 12.7. The number of methoxy groups -OCH3 is 1. The van der Waals surface area contributed by atoms with Gasteiger partial charge in [-0.2, -0.15) is 0 Å². The Labute approximate surface area is 119 Å². The lowest BCUT2D eigenvalue weighted by molar-refractivity contribution is 0.214. The van der Waals surface area contributed by atoms with Gasteiger partial charge in [-0.25, -0.2) is 0 Å². The lowest BCUT2D eigenvalue weighted by Gasteiger charge is -2.15. The first kappa shape index (κ1) is 13.4. The van der Waals surface area contributed by atoms with E-state index in [1.54, 1.807) is 25.3 Å². The Kier molecular flexibility index (Phi) is 4.27. The van der Waals surface area contributed by atoms with Gasteiger partial charge in [0.1, 0.15) is 11.9 Å². The number of benzene rings is 2. The van der Waals surface area contributed by atoms with E-state index in [0.29, 0.717) is 16.3 Å². The number of aliphatic hydroxyl groups excluding tert-OH is 1. The molecule has 2 aromatic rings. The van der Waals surface area contributed by atoms with Gasteiger partial charge in [-0.05, 0) is 35.9 Å². The normalized spacial score (nSPS) is 12.2. The SMILES string of the molecule is COc1ccc(Cl)cc1C(O)c1ccc(Br)cc1. The molecule has 1 unspecified atom stereocenters. The van der Waals surface area contributed by atoms with E-state index in [-0.39, 0.29) is 0 Å². The van der Waals surface area contributed by atoms with Gasteiger partial charge in [0.25, 0.3) is 0 Å². The second-order valence-electron chi connectivity index (χ2n) is 3.84. The van der Waals surface area contributed by atoms with Gasteiger partial charge in [0, 0.05) is 15.1 Å². The number of hydrogen-bond acceptors (Lipinski definition) is 2. The molecule has 2 rings (SSSR count). The molecule has 0 aromatic heterocycles. The van der Waals surface area contributed by atoms with Crippen LogP contribution in [0.25, 0.3) is 0 Å². The first-order valence-corrected chi connectivity index (χ1v) is 6.56. The number of rotatable bonds is 3. The fourth-order valence-corrected chi connectivity index (χ4v) is 2.19. The van der Waals surface area contributed by atoms with Crippen LogP contribution in [0.4, 0.5) is 0 Å². The lowest BCUT2D eigenvalue weighted by Crippen LogP contribution is -2.02. The number of ether oxygens (including phenoxy) is 1. The summed E-state index contributed by atoms with van der Waals surface area (Å²) in [4.78, 5) is 0. The topological polar surface area (TPSA) is 29.5 Å². The molecule has 0 spiro atoms. The van der Waals surface area contributed by atoms with Crippen molar-refractivity contribution >= 4 is 27.5 Å². The largest absolute Gasteiger partial charge is 0.496 e. The van der Waals surface area contributed by atoms with Crippen LogP contribution in [0.3, 0.4) is 0 Å². The van der Waals surface area contributed by atoms with Crippen molar-refractivity contribution in [2.24, 2.45) is 0 Å². The van der Waals surface area contributed by atoms with Crippen molar-refractivity contribution in [1.29, 1.82) is 0 Å². The average molecular weight is 328 g/mol. The number of aliphatic hydroxyl groups is 1. The summed E-state index contributed by atoms with van der Waals surface area (Å²) >= 11 is 9.32. The van der Waals surface area contributed by atoms with Gasteiger partial charge in [0.15, 0.2) is 0 Å². The highest BCUT2D eigenvalue weighted by atomic mass is 79.9. The van der Waals surface area contributed by atoms with E-state index in [0.717, 1.165) is 10.0 Å². The molecule has 2 nitrogen and oxygen atoms in total. The first-order chi connectivity index (χ1) is 8.61. The molecule has 0 aliphatic heterocycles. The molecule has 0 heterocycles. The third-order valence-corrected chi connectivity index (χ3v) is 3.44. The summed E-state index contributed by atoms with van der Waals surface area (Å²) in [5.41, 5.74) is 1.45. The maximum atomic E-state index is 10.4. The minimum absolute atomic E-state index is 0.571. The predicted octanol–water partition coefficient (Wildman–Crippen LogP) is 4.19. The maximum absolute atomic E-state index is 10.4. The van der Waals surface area contributed by atoms with E-state index >= 15 is 0 Å². The zero-order valence-corrected chi connectivity index (χ0v) is 12.1. The molecule has 1 atom stereocenters. The van der Waals surface area contributed by atoms with Gasteiger partial charge in [0.2, 0.25) is 0 Å². The van der Waals surface area contributed by atoms with Gasteiger partial charge in [-0.1, -0.05) is 39.7 Å². The summed E-state index contributed by atoms with van der Waals surface area (Å²) in [6.07, 6.45) is -0.758. The predicted molar refractivity (Wildman–Crippen MR) is 76.2 cm³/mol. The van der Waals surface area contributed by atoms with Crippen LogP contribution in [0.5, 0.6) is 5.75 Å². The third-order valence-electron chi connectivity index (χ3n) is 2.67. The van der Waals surface area contributed by atoms with Crippen molar-refractivity contribution in [3.8, 4) is 5.75 Å². The summed E-state index contributed by atoms with van der Waals surface area (Å²) in [7, 11) is 1.57. The Morgan fingerprint density at radius 3 is 2.44 bits per heavy atom. The Bertz CT molecular complexity index is 540. The van der Waals surface area contributed by atoms with Crippen molar-refractivity contribution in [2.75, 3.05) is 7.11 Å². The molecule has 18 heavy (non-hydrogen) atoms. The van der Waals surface area contributed by atoms with Crippen LogP contribution in [0.15, 0.2) is 46.9 Å². The van der Waals surface area contributed by atoms with Gasteiger partial charge >= 0.3 is 0 Å². The molecule has 0 bridgehead atoms. The molecule has 0 saturated heterocycles. The fourth-order valence-electron chi connectivity index (χ4n) is 1.74. The van der Waals surface area contributed by atoms with Crippen LogP contribution in [-0.4, -0.2) is 12.2 Å². The monoisotopic (exact) mass is 326 g/mol. The standard InChI is InChI=1S/C14H12BrClO2/c1-18-13-7-6-11(16)8-12(13)14(17)9-2-4-10(15)5-3-9/h2-8,14,17H,1H3. The molecule has 0 radical (unpaired) electrons. The van der Waals surface area contributed by atoms with E-state index in [4.69, 9.17) is 16.3 Å². The Morgan fingerprint density at radius 1 is 1.17 bits per heavy atom. The Hall–Kier alpha value is -1.03. The van der Waals surface area contributed by atoms with Gasteiger partial charge in [-0.3, -0.25) is 0 Å². The first-order valence-electron chi connectivity index (χ1n) is 5.39. The quantitative estimate of drug-likeness (QED) is 0.916. The highest BCUT2D eigenvalue weighted by Crippen LogP contribution is 2.32. The molecular weight excluding hydrogens is 316 g/mol. The second-order valence-corrected chi connectivity index (χ2v) is 5.19. The van der Waals surface area contributed by atoms with Crippen LogP contribution >= 0.6 is 27.5 Å². The van der Waals surface area contributed by atoms with Crippen LogP contribution in [0, 0.1) is 0 Å². The zero-order valence-electron chi connectivity index (χ0n) is 9.73. The molecule has 94 valence electrons. The summed E-state index contributed by atoms with van der Waals surface area (Å²) in [5, 5.41) is 10.9. The van der Waals surface area contributed by atoms with E-state index in [1.165, 1.54) is 0 Å². The van der Waals surface area contributed by atoms with Gasteiger partial charge in [0.05, 0.1) is 7.11 Å². The van der Waals surface area contributed by atoms with Crippen molar-refractivity contribution in [1.82, 2.24) is 0 Å². The van der Waals surface area contributed by atoms with Crippen LogP contribution in [0.2, 0.25) is 5.02 Å². The molecule has 2 aromatic carbocycles. The average Bonchev–Trinajstić information content (AvgIpc) is 2.39. The summed E-state index contributed by atoms with van der Waals surface area (Å²) in [5.74, 6) is 0.620. The lowest BCUT2D eigenvalue weighted by atomic mass is 10.0. The van der Waals surface area contributed by atoms with E-state index in [2.05, 4.69) is 15.9 Å². The van der Waals surface area contributed by atoms with Crippen LogP contribution in [0.1, 0.15) is 17.2 Å².